The van der Waals surface area contributed by atoms with Crippen molar-refractivity contribution in [1.82, 2.24) is 0 Å². The maximum atomic E-state index is 11.5. The van der Waals surface area contributed by atoms with E-state index in [1.54, 1.807) is 48.5 Å². The number of carboxylic acids is 1. The molecule has 0 aromatic heterocycles. The number of hydrogen-bond donors (Lipinski definition) is 2. The smallest absolute Gasteiger partial charge is 0.307 e. The summed E-state index contributed by atoms with van der Waals surface area (Å²) in [6.45, 7) is 0. The Hall–Kier alpha value is -2.27. The van der Waals surface area contributed by atoms with Crippen molar-refractivity contribution < 1.29 is 15.0 Å². The Kier molecular flexibility index (Phi) is 5.67. The van der Waals surface area contributed by atoms with Crippen LogP contribution in [0.1, 0.15) is 17.5 Å². The quantitative estimate of drug-likeness (QED) is 0.613. The van der Waals surface area contributed by atoms with E-state index in [0.717, 1.165) is 9.79 Å². The maximum Gasteiger partial charge on any atom is 0.307 e. The van der Waals surface area contributed by atoms with Gasteiger partial charge >= 0.3 is 5.97 Å². The van der Waals surface area contributed by atoms with Gasteiger partial charge in [0.05, 0.1) is 6.42 Å². The first-order valence-electron chi connectivity index (χ1n) is 8.02. The highest BCUT2D eigenvalue weighted by molar-refractivity contribution is 7.99. The van der Waals surface area contributed by atoms with E-state index in [1.165, 1.54) is 11.8 Å². The van der Waals surface area contributed by atoms with Crippen molar-refractivity contribution in [3.8, 4) is 0 Å². The van der Waals surface area contributed by atoms with Gasteiger partial charge in [-0.25, -0.2) is 0 Å². The number of aliphatic carboxylic acids is 1. The Morgan fingerprint density at radius 3 is 2.19 bits per heavy atom. The van der Waals surface area contributed by atoms with Gasteiger partial charge in [0, 0.05) is 20.4 Å². The molecule has 3 nitrogen and oxygen atoms in total. The number of aliphatic hydroxyl groups is 1. The number of carbonyl (C=O) groups is 1. The predicted octanol–water partition coefficient (Wildman–Crippen LogP) is 5.20. The van der Waals surface area contributed by atoms with Crippen molar-refractivity contribution in [2.45, 2.75) is 21.8 Å². The normalized spacial score (nSPS) is 13.2. The van der Waals surface area contributed by atoms with E-state index >= 15 is 0 Å². The molecule has 3 aromatic rings. The van der Waals surface area contributed by atoms with Gasteiger partial charge in [-0.3, -0.25) is 4.79 Å². The maximum absolute atomic E-state index is 11.5. The second kappa shape index (κ2) is 7.96. The lowest BCUT2D eigenvalue weighted by molar-refractivity contribution is -0.141. The first kappa shape index (κ1) is 18.5. The molecule has 0 aliphatic heterocycles. The molecule has 0 aliphatic rings. The van der Waals surface area contributed by atoms with Crippen molar-refractivity contribution in [1.29, 1.82) is 0 Å². The SMILES string of the molecule is O=C(O)C[C@@](O)(c1ccccc1)c1ccccc1Sc1ccc(Cl)cc1. The average Bonchev–Trinajstić information content (AvgIpc) is 2.64. The molecule has 0 fully saturated rings. The summed E-state index contributed by atoms with van der Waals surface area (Å²) in [5, 5.41) is 21.5. The van der Waals surface area contributed by atoms with E-state index < -0.39 is 18.0 Å². The van der Waals surface area contributed by atoms with E-state index in [4.69, 9.17) is 11.6 Å². The minimum Gasteiger partial charge on any atom is -0.481 e. The summed E-state index contributed by atoms with van der Waals surface area (Å²) in [6.07, 6.45) is -0.421. The minimum absolute atomic E-state index is 0.421. The molecule has 0 bridgehead atoms. The summed E-state index contributed by atoms with van der Waals surface area (Å²) in [5.74, 6) is -1.07. The minimum atomic E-state index is -1.62. The lowest BCUT2D eigenvalue weighted by atomic mass is 9.83. The van der Waals surface area contributed by atoms with Crippen LogP contribution in [0, 0.1) is 0 Å². The average molecular weight is 385 g/mol. The van der Waals surface area contributed by atoms with Gasteiger partial charge in [0.25, 0.3) is 0 Å². The van der Waals surface area contributed by atoms with E-state index in [0.29, 0.717) is 16.1 Å². The van der Waals surface area contributed by atoms with Gasteiger partial charge in [0.1, 0.15) is 5.60 Å². The van der Waals surface area contributed by atoms with Gasteiger partial charge in [-0.2, -0.15) is 0 Å². The van der Waals surface area contributed by atoms with Crippen LogP contribution in [0.4, 0.5) is 0 Å². The number of carboxylic acid groups (broad SMARTS) is 1. The summed E-state index contributed by atoms with van der Waals surface area (Å²) >= 11 is 7.40. The molecular formula is C21H17ClO3S. The molecule has 0 unspecified atom stereocenters. The van der Waals surface area contributed by atoms with Crippen molar-refractivity contribution >= 4 is 29.3 Å². The Balaban J connectivity index is 2.07. The van der Waals surface area contributed by atoms with Crippen molar-refractivity contribution in [3.63, 3.8) is 0 Å². The number of rotatable bonds is 6. The van der Waals surface area contributed by atoms with E-state index in [-0.39, 0.29) is 0 Å². The Morgan fingerprint density at radius 2 is 1.54 bits per heavy atom. The van der Waals surface area contributed by atoms with Crippen LogP contribution in [0.5, 0.6) is 0 Å². The molecule has 3 aromatic carbocycles. The lowest BCUT2D eigenvalue weighted by Crippen LogP contribution is -2.31. The fraction of sp³-hybridized carbons (Fsp3) is 0.0952. The Bertz CT molecular complexity index is 897. The molecule has 2 N–H and O–H groups in total. The number of benzene rings is 3. The molecule has 0 amide bonds. The molecule has 0 radical (unpaired) electrons. The highest BCUT2D eigenvalue weighted by Gasteiger charge is 2.36. The highest BCUT2D eigenvalue weighted by atomic mass is 35.5. The lowest BCUT2D eigenvalue weighted by Gasteiger charge is -2.29. The molecule has 5 heteroatoms. The van der Waals surface area contributed by atoms with Crippen LogP contribution in [0.15, 0.2) is 88.7 Å². The van der Waals surface area contributed by atoms with Crippen molar-refractivity contribution in [2.24, 2.45) is 0 Å². The molecule has 26 heavy (non-hydrogen) atoms. The van der Waals surface area contributed by atoms with Gasteiger partial charge < -0.3 is 10.2 Å². The summed E-state index contributed by atoms with van der Waals surface area (Å²) in [5.41, 5.74) is -0.511. The molecular weight excluding hydrogens is 368 g/mol. The van der Waals surface area contributed by atoms with Gasteiger partial charge in [-0.05, 0) is 35.9 Å². The van der Waals surface area contributed by atoms with Crippen LogP contribution in [-0.4, -0.2) is 16.2 Å². The van der Waals surface area contributed by atoms with Gasteiger partial charge in [0.2, 0.25) is 0 Å². The topological polar surface area (TPSA) is 57.5 Å². The monoisotopic (exact) mass is 384 g/mol. The van der Waals surface area contributed by atoms with Gasteiger partial charge in [-0.15, -0.1) is 0 Å². The molecule has 0 spiro atoms. The molecule has 1 atom stereocenters. The summed E-state index contributed by atoms with van der Waals surface area (Å²) in [4.78, 5) is 13.2. The molecule has 0 aliphatic carbocycles. The van der Waals surface area contributed by atoms with Crippen LogP contribution < -0.4 is 0 Å². The third-order valence-electron chi connectivity index (χ3n) is 4.03. The predicted molar refractivity (Wildman–Crippen MR) is 104 cm³/mol. The Labute approximate surface area is 161 Å². The van der Waals surface area contributed by atoms with Crippen LogP contribution in [0.25, 0.3) is 0 Å². The zero-order chi connectivity index (χ0) is 18.6. The standard InChI is InChI=1S/C21H17ClO3S/c22-16-10-12-17(13-11-16)26-19-9-5-4-8-18(19)21(25,14-20(23)24)15-6-2-1-3-7-15/h1-13,25H,14H2,(H,23,24)/t21-/m1/s1. The Morgan fingerprint density at radius 1 is 0.923 bits per heavy atom. The second-order valence-electron chi connectivity index (χ2n) is 5.85. The summed E-state index contributed by atoms with van der Waals surface area (Å²) < 4.78 is 0. The summed E-state index contributed by atoms with van der Waals surface area (Å²) in [6, 6.07) is 23.6. The largest absolute Gasteiger partial charge is 0.481 e. The molecule has 0 saturated heterocycles. The first-order valence-corrected chi connectivity index (χ1v) is 9.21. The third-order valence-corrected chi connectivity index (χ3v) is 5.37. The zero-order valence-corrected chi connectivity index (χ0v) is 15.4. The third kappa shape index (κ3) is 4.10. The highest BCUT2D eigenvalue weighted by Crippen LogP contribution is 2.41. The zero-order valence-electron chi connectivity index (χ0n) is 13.8. The van der Waals surface area contributed by atoms with Crippen LogP contribution in [0.3, 0.4) is 0 Å². The first-order chi connectivity index (χ1) is 12.5. The molecule has 0 saturated carbocycles. The fourth-order valence-electron chi connectivity index (χ4n) is 2.81. The molecule has 3 rings (SSSR count). The number of hydrogen-bond acceptors (Lipinski definition) is 3. The van der Waals surface area contributed by atoms with Crippen molar-refractivity contribution in [3.05, 3.63) is 95.0 Å². The van der Waals surface area contributed by atoms with Crippen LogP contribution >= 0.6 is 23.4 Å². The molecule has 132 valence electrons. The van der Waals surface area contributed by atoms with Gasteiger partial charge in [-0.1, -0.05) is 71.9 Å². The van der Waals surface area contributed by atoms with E-state index in [9.17, 15) is 15.0 Å². The van der Waals surface area contributed by atoms with E-state index in [1.807, 2.05) is 30.3 Å². The van der Waals surface area contributed by atoms with Crippen LogP contribution in [0.2, 0.25) is 5.02 Å². The number of halogens is 1. The van der Waals surface area contributed by atoms with Crippen LogP contribution in [-0.2, 0) is 10.4 Å². The summed E-state index contributed by atoms with van der Waals surface area (Å²) in [7, 11) is 0. The second-order valence-corrected chi connectivity index (χ2v) is 7.40. The van der Waals surface area contributed by atoms with Crippen molar-refractivity contribution in [2.75, 3.05) is 0 Å². The van der Waals surface area contributed by atoms with E-state index in [2.05, 4.69) is 0 Å². The van der Waals surface area contributed by atoms with Gasteiger partial charge in [0.15, 0.2) is 0 Å². The molecule has 0 heterocycles. The fourth-order valence-corrected chi connectivity index (χ4v) is 3.96.